The van der Waals surface area contributed by atoms with Gasteiger partial charge in [-0.3, -0.25) is 14.6 Å². The Balaban J connectivity index is 1.62. The first-order valence-electron chi connectivity index (χ1n) is 8.71. The molecule has 1 atom stereocenters. The maximum atomic E-state index is 12.2. The average molecular weight is 312 g/mol. The minimum atomic E-state index is -0.274. The van der Waals surface area contributed by atoms with Gasteiger partial charge in [-0.05, 0) is 26.3 Å². The lowest BCUT2D eigenvalue weighted by Crippen LogP contribution is -2.52. The molecule has 2 N–H and O–H groups in total. The van der Waals surface area contributed by atoms with E-state index in [9.17, 15) is 9.90 Å². The van der Waals surface area contributed by atoms with Gasteiger partial charge < -0.3 is 15.3 Å². The van der Waals surface area contributed by atoms with Crippen molar-refractivity contribution in [1.29, 1.82) is 0 Å². The zero-order valence-corrected chi connectivity index (χ0v) is 14.1. The minimum Gasteiger partial charge on any atom is -0.392 e. The van der Waals surface area contributed by atoms with E-state index in [1.165, 1.54) is 0 Å². The highest BCUT2D eigenvalue weighted by molar-refractivity contribution is 5.78. The average Bonchev–Trinajstić information content (AvgIpc) is 2.49. The summed E-state index contributed by atoms with van der Waals surface area (Å²) in [5.41, 5.74) is 0. The monoisotopic (exact) mass is 312 g/mol. The lowest BCUT2D eigenvalue weighted by molar-refractivity contribution is -0.123. The molecule has 22 heavy (non-hydrogen) atoms. The quantitative estimate of drug-likeness (QED) is 0.698. The number of rotatable bonds is 6. The van der Waals surface area contributed by atoms with Gasteiger partial charge in [0, 0.05) is 51.9 Å². The van der Waals surface area contributed by atoms with Crippen LogP contribution in [-0.2, 0) is 4.79 Å². The van der Waals surface area contributed by atoms with Gasteiger partial charge in [-0.2, -0.15) is 0 Å². The molecular formula is C16H32N4O2. The number of carbonyl (C=O) groups excluding carboxylic acids is 1. The Bertz CT molecular complexity index is 335. The van der Waals surface area contributed by atoms with Crippen molar-refractivity contribution in [2.24, 2.45) is 0 Å². The number of β-amino-alcohol motifs (C(OH)–C–C–N with tert-alkyl or cyclic N) is 1. The van der Waals surface area contributed by atoms with Crippen molar-refractivity contribution in [3.05, 3.63) is 0 Å². The standard InChI is InChI=1S/C16H32N4O2/c1-3-18-6-4-15(5-7-18)17-16(22)13-20-10-8-19(9-11-20)12-14(2)21/h14-15,21H,3-13H2,1-2H3,(H,17,22)/t14-/m0/s1. The maximum Gasteiger partial charge on any atom is 0.234 e. The van der Waals surface area contributed by atoms with Gasteiger partial charge in [0.1, 0.15) is 0 Å². The second kappa shape index (κ2) is 8.82. The molecule has 2 fully saturated rings. The topological polar surface area (TPSA) is 59.1 Å². The zero-order valence-electron chi connectivity index (χ0n) is 14.1. The number of piperidine rings is 1. The molecule has 0 bridgehead atoms. The second-order valence-corrected chi connectivity index (χ2v) is 6.70. The molecule has 0 saturated carbocycles. The SMILES string of the molecule is CCN1CCC(NC(=O)CN2CCN(C[C@H](C)O)CC2)CC1. The summed E-state index contributed by atoms with van der Waals surface area (Å²) in [5.74, 6) is 0.166. The predicted octanol–water partition coefficient (Wildman–Crippen LogP) is -0.415. The van der Waals surface area contributed by atoms with E-state index in [0.717, 1.165) is 65.2 Å². The van der Waals surface area contributed by atoms with Gasteiger partial charge in [0.2, 0.25) is 5.91 Å². The second-order valence-electron chi connectivity index (χ2n) is 6.70. The first kappa shape index (κ1) is 17.7. The molecule has 2 heterocycles. The fraction of sp³-hybridized carbons (Fsp3) is 0.938. The zero-order chi connectivity index (χ0) is 15.9. The summed E-state index contributed by atoms with van der Waals surface area (Å²) in [5, 5.41) is 12.6. The summed E-state index contributed by atoms with van der Waals surface area (Å²) in [6, 6.07) is 0.354. The summed E-state index contributed by atoms with van der Waals surface area (Å²) in [4.78, 5) is 19.1. The molecule has 0 radical (unpaired) electrons. The van der Waals surface area contributed by atoms with Crippen LogP contribution in [0.5, 0.6) is 0 Å². The van der Waals surface area contributed by atoms with E-state index in [4.69, 9.17) is 0 Å². The number of hydrogen-bond acceptors (Lipinski definition) is 5. The number of nitrogens with zero attached hydrogens (tertiary/aromatic N) is 3. The Morgan fingerprint density at radius 1 is 1.09 bits per heavy atom. The highest BCUT2D eigenvalue weighted by Gasteiger charge is 2.22. The van der Waals surface area contributed by atoms with Crippen LogP contribution in [0, 0.1) is 0 Å². The Morgan fingerprint density at radius 2 is 1.68 bits per heavy atom. The Morgan fingerprint density at radius 3 is 2.23 bits per heavy atom. The first-order valence-corrected chi connectivity index (χ1v) is 8.71. The fourth-order valence-corrected chi connectivity index (χ4v) is 3.37. The summed E-state index contributed by atoms with van der Waals surface area (Å²) in [7, 11) is 0. The van der Waals surface area contributed by atoms with Gasteiger partial charge in [-0.25, -0.2) is 0 Å². The van der Waals surface area contributed by atoms with Crippen LogP contribution in [0.2, 0.25) is 0 Å². The Kier molecular flexibility index (Phi) is 7.08. The lowest BCUT2D eigenvalue weighted by Gasteiger charge is -2.35. The third-order valence-corrected chi connectivity index (χ3v) is 4.75. The molecule has 6 heteroatoms. The molecule has 2 aliphatic heterocycles. The van der Waals surface area contributed by atoms with Gasteiger partial charge in [0.25, 0.3) is 0 Å². The molecule has 2 saturated heterocycles. The van der Waals surface area contributed by atoms with E-state index in [2.05, 4.69) is 26.9 Å². The maximum absolute atomic E-state index is 12.2. The summed E-state index contributed by atoms with van der Waals surface area (Å²) in [6.45, 7) is 12.3. The van der Waals surface area contributed by atoms with Gasteiger partial charge >= 0.3 is 0 Å². The summed E-state index contributed by atoms with van der Waals surface area (Å²) >= 11 is 0. The third-order valence-electron chi connectivity index (χ3n) is 4.75. The molecule has 0 unspecified atom stereocenters. The molecule has 0 spiro atoms. The smallest absolute Gasteiger partial charge is 0.234 e. The van der Waals surface area contributed by atoms with Gasteiger partial charge in [0.05, 0.1) is 12.6 Å². The molecule has 6 nitrogen and oxygen atoms in total. The highest BCUT2D eigenvalue weighted by atomic mass is 16.3. The first-order chi connectivity index (χ1) is 10.6. The van der Waals surface area contributed by atoms with Crippen molar-refractivity contribution in [2.75, 3.05) is 58.9 Å². The number of aliphatic hydroxyl groups excluding tert-OH is 1. The number of nitrogens with one attached hydrogen (secondary N) is 1. The minimum absolute atomic E-state index is 0.166. The van der Waals surface area contributed by atoms with E-state index in [1.807, 2.05) is 6.92 Å². The molecule has 128 valence electrons. The van der Waals surface area contributed by atoms with Crippen LogP contribution < -0.4 is 5.32 Å². The van der Waals surface area contributed by atoms with Crippen molar-refractivity contribution in [3.63, 3.8) is 0 Å². The van der Waals surface area contributed by atoms with E-state index >= 15 is 0 Å². The number of hydrogen-bond donors (Lipinski definition) is 2. The number of carbonyl (C=O) groups is 1. The number of amides is 1. The van der Waals surface area contributed by atoms with Gasteiger partial charge in [-0.15, -0.1) is 0 Å². The van der Waals surface area contributed by atoms with Crippen molar-refractivity contribution in [3.8, 4) is 0 Å². The van der Waals surface area contributed by atoms with Crippen LogP contribution in [0.15, 0.2) is 0 Å². The Hall–Kier alpha value is -0.690. The molecule has 0 aromatic rings. The molecule has 0 aromatic heterocycles. The molecular weight excluding hydrogens is 280 g/mol. The molecule has 0 aromatic carbocycles. The normalized spacial score (nSPS) is 24.3. The highest BCUT2D eigenvalue weighted by Crippen LogP contribution is 2.10. The van der Waals surface area contributed by atoms with E-state index in [1.54, 1.807) is 0 Å². The lowest BCUT2D eigenvalue weighted by atomic mass is 10.1. The molecule has 2 rings (SSSR count). The van der Waals surface area contributed by atoms with Crippen LogP contribution in [0.25, 0.3) is 0 Å². The predicted molar refractivity (Wildman–Crippen MR) is 87.8 cm³/mol. The van der Waals surface area contributed by atoms with Crippen LogP contribution in [0.1, 0.15) is 26.7 Å². The molecule has 0 aliphatic carbocycles. The van der Waals surface area contributed by atoms with E-state index < -0.39 is 0 Å². The van der Waals surface area contributed by atoms with E-state index in [0.29, 0.717) is 12.6 Å². The number of likely N-dealkylation sites (tertiary alicyclic amines) is 1. The summed E-state index contributed by atoms with van der Waals surface area (Å²) < 4.78 is 0. The molecule has 2 aliphatic rings. The van der Waals surface area contributed by atoms with Gasteiger partial charge in [-0.1, -0.05) is 6.92 Å². The number of piperazine rings is 1. The number of aliphatic hydroxyl groups is 1. The van der Waals surface area contributed by atoms with Crippen molar-refractivity contribution >= 4 is 5.91 Å². The van der Waals surface area contributed by atoms with Crippen molar-refractivity contribution in [1.82, 2.24) is 20.0 Å². The summed E-state index contributed by atoms with van der Waals surface area (Å²) in [6.07, 6.45) is 1.87. The van der Waals surface area contributed by atoms with Crippen LogP contribution in [0.4, 0.5) is 0 Å². The largest absolute Gasteiger partial charge is 0.392 e. The van der Waals surface area contributed by atoms with Crippen molar-refractivity contribution in [2.45, 2.75) is 38.8 Å². The van der Waals surface area contributed by atoms with Gasteiger partial charge in [0.15, 0.2) is 0 Å². The van der Waals surface area contributed by atoms with Crippen LogP contribution >= 0.6 is 0 Å². The Labute approximate surface area is 134 Å². The van der Waals surface area contributed by atoms with Crippen LogP contribution in [-0.4, -0.2) is 96.8 Å². The van der Waals surface area contributed by atoms with Crippen LogP contribution in [0.3, 0.4) is 0 Å². The van der Waals surface area contributed by atoms with Crippen molar-refractivity contribution < 1.29 is 9.90 Å². The van der Waals surface area contributed by atoms with E-state index in [-0.39, 0.29) is 12.0 Å². The fourth-order valence-electron chi connectivity index (χ4n) is 3.37. The molecule has 1 amide bonds. The third kappa shape index (κ3) is 5.83.